The fourth-order valence-corrected chi connectivity index (χ4v) is 1.23. The molecule has 0 aromatic heterocycles. The minimum Gasteiger partial charge on any atom is -0.480 e. The smallest absolute Gasteiger partial charge is 0.323 e. The van der Waals surface area contributed by atoms with E-state index in [9.17, 15) is 9.59 Å². The van der Waals surface area contributed by atoms with Gasteiger partial charge in [0.05, 0.1) is 6.61 Å². The van der Waals surface area contributed by atoms with E-state index in [1.807, 2.05) is 6.92 Å². The summed E-state index contributed by atoms with van der Waals surface area (Å²) >= 11 is 0. The minimum atomic E-state index is -1.28. The van der Waals surface area contributed by atoms with Crippen LogP contribution in [0.25, 0.3) is 0 Å². The molecular formula is C10H19NO4. The molecule has 1 unspecified atom stereocenters. The molecule has 0 rings (SSSR count). The first kappa shape index (κ1) is 13.9. The first-order valence-electron chi connectivity index (χ1n) is 5.14. The molecule has 0 saturated carbocycles. The molecule has 0 spiro atoms. The van der Waals surface area contributed by atoms with E-state index in [0.717, 1.165) is 0 Å². The lowest BCUT2D eigenvalue weighted by atomic mass is 9.92. The second-order valence-corrected chi connectivity index (χ2v) is 3.54. The highest BCUT2D eigenvalue weighted by atomic mass is 16.5. The van der Waals surface area contributed by atoms with Crippen LogP contribution in [0.15, 0.2) is 0 Å². The highest BCUT2D eigenvalue weighted by molar-refractivity contribution is 5.78. The Morgan fingerprint density at radius 1 is 1.33 bits per heavy atom. The van der Waals surface area contributed by atoms with Gasteiger partial charge in [-0.2, -0.15) is 0 Å². The number of carbonyl (C=O) groups is 2. The second kappa shape index (κ2) is 6.40. The van der Waals surface area contributed by atoms with Crippen molar-refractivity contribution in [2.75, 3.05) is 6.61 Å². The van der Waals surface area contributed by atoms with Gasteiger partial charge < -0.3 is 15.6 Å². The van der Waals surface area contributed by atoms with Gasteiger partial charge in [0.1, 0.15) is 5.54 Å². The van der Waals surface area contributed by atoms with Crippen LogP contribution in [0, 0.1) is 0 Å². The van der Waals surface area contributed by atoms with Crippen molar-refractivity contribution in [3.8, 4) is 0 Å². The van der Waals surface area contributed by atoms with E-state index in [-0.39, 0.29) is 19.0 Å². The standard InChI is InChI=1S/C10H19NO4/c1-3-5-10(11,9(13)14)6-7-15-8(12)4-2/h3-7,11H2,1-2H3,(H,13,14). The number of rotatable bonds is 7. The molecule has 0 aliphatic carbocycles. The molecule has 15 heavy (non-hydrogen) atoms. The minimum absolute atomic E-state index is 0.0650. The van der Waals surface area contributed by atoms with Gasteiger partial charge in [0, 0.05) is 12.8 Å². The Morgan fingerprint density at radius 2 is 1.93 bits per heavy atom. The monoisotopic (exact) mass is 217 g/mol. The topological polar surface area (TPSA) is 89.6 Å². The molecule has 0 aromatic rings. The molecule has 5 heteroatoms. The van der Waals surface area contributed by atoms with Gasteiger partial charge in [-0.25, -0.2) is 0 Å². The van der Waals surface area contributed by atoms with Crippen LogP contribution in [0.2, 0.25) is 0 Å². The maximum atomic E-state index is 10.9. The van der Waals surface area contributed by atoms with Crippen molar-refractivity contribution < 1.29 is 19.4 Å². The maximum Gasteiger partial charge on any atom is 0.323 e. The summed E-state index contributed by atoms with van der Waals surface area (Å²) < 4.78 is 4.80. The summed E-state index contributed by atoms with van der Waals surface area (Å²) in [6.07, 6.45) is 1.51. The predicted octanol–water partition coefficient (Wildman–Crippen LogP) is 0.912. The van der Waals surface area contributed by atoms with E-state index < -0.39 is 11.5 Å². The second-order valence-electron chi connectivity index (χ2n) is 3.54. The Bertz CT molecular complexity index is 229. The Balaban J connectivity index is 4.08. The van der Waals surface area contributed by atoms with Crippen LogP contribution in [0.4, 0.5) is 0 Å². The summed E-state index contributed by atoms with van der Waals surface area (Å²) in [5.74, 6) is -1.38. The summed E-state index contributed by atoms with van der Waals surface area (Å²) in [6.45, 7) is 3.61. The van der Waals surface area contributed by atoms with Gasteiger partial charge >= 0.3 is 11.9 Å². The van der Waals surface area contributed by atoms with Crippen LogP contribution in [-0.4, -0.2) is 29.2 Å². The average Bonchev–Trinajstić information content (AvgIpc) is 2.17. The Hall–Kier alpha value is -1.10. The van der Waals surface area contributed by atoms with Gasteiger partial charge in [0.2, 0.25) is 0 Å². The van der Waals surface area contributed by atoms with Gasteiger partial charge in [0.25, 0.3) is 0 Å². The van der Waals surface area contributed by atoms with E-state index in [2.05, 4.69) is 0 Å². The summed E-state index contributed by atoms with van der Waals surface area (Å²) in [5.41, 5.74) is 4.41. The van der Waals surface area contributed by atoms with E-state index >= 15 is 0 Å². The van der Waals surface area contributed by atoms with Crippen molar-refractivity contribution in [1.29, 1.82) is 0 Å². The van der Waals surface area contributed by atoms with Crippen molar-refractivity contribution in [1.82, 2.24) is 0 Å². The van der Waals surface area contributed by atoms with Gasteiger partial charge in [-0.1, -0.05) is 20.3 Å². The quantitative estimate of drug-likeness (QED) is 0.619. The third kappa shape index (κ3) is 4.78. The molecule has 0 fully saturated rings. The third-order valence-corrected chi connectivity index (χ3v) is 2.22. The van der Waals surface area contributed by atoms with Crippen LogP contribution in [0.1, 0.15) is 39.5 Å². The number of esters is 1. The van der Waals surface area contributed by atoms with Crippen molar-refractivity contribution >= 4 is 11.9 Å². The molecule has 0 heterocycles. The molecular weight excluding hydrogens is 198 g/mol. The van der Waals surface area contributed by atoms with Crippen molar-refractivity contribution in [2.24, 2.45) is 5.73 Å². The van der Waals surface area contributed by atoms with Gasteiger partial charge in [-0.3, -0.25) is 9.59 Å². The number of hydrogen-bond acceptors (Lipinski definition) is 4. The first-order chi connectivity index (χ1) is 6.96. The Labute approximate surface area is 89.6 Å². The number of hydrogen-bond donors (Lipinski definition) is 2. The van der Waals surface area contributed by atoms with E-state index in [0.29, 0.717) is 19.3 Å². The molecule has 88 valence electrons. The van der Waals surface area contributed by atoms with Crippen LogP contribution < -0.4 is 5.73 Å². The van der Waals surface area contributed by atoms with Crippen LogP contribution in [0.5, 0.6) is 0 Å². The highest BCUT2D eigenvalue weighted by Gasteiger charge is 2.32. The van der Waals surface area contributed by atoms with E-state index in [4.69, 9.17) is 15.6 Å². The van der Waals surface area contributed by atoms with Gasteiger partial charge in [0.15, 0.2) is 0 Å². The first-order valence-corrected chi connectivity index (χ1v) is 5.14. The molecule has 0 aliphatic rings. The zero-order valence-electron chi connectivity index (χ0n) is 9.28. The maximum absolute atomic E-state index is 10.9. The number of ether oxygens (including phenoxy) is 1. The lowest BCUT2D eigenvalue weighted by Gasteiger charge is -2.23. The summed E-state index contributed by atoms with van der Waals surface area (Å²) in [7, 11) is 0. The lowest BCUT2D eigenvalue weighted by Crippen LogP contribution is -2.48. The lowest BCUT2D eigenvalue weighted by molar-refractivity contribution is -0.149. The molecule has 0 saturated heterocycles. The van der Waals surface area contributed by atoms with E-state index in [1.165, 1.54) is 0 Å². The van der Waals surface area contributed by atoms with Crippen molar-refractivity contribution in [3.05, 3.63) is 0 Å². The van der Waals surface area contributed by atoms with Crippen LogP contribution in [0.3, 0.4) is 0 Å². The third-order valence-electron chi connectivity index (χ3n) is 2.22. The van der Waals surface area contributed by atoms with Crippen LogP contribution >= 0.6 is 0 Å². The molecule has 0 bridgehead atoms. The number of carboxylic acids is 1. The Morgan fingerprint density at radius 3 is 2.33 bits per heavy atom. The average molecular weight is 217 g/mol. The molecule has 0 amide bonds. The summed E-state index contributed by atoms with van der Waals surface area (Å²) in [6, 6.07) is 0. The summed E-state index contributed by atoms with van der Waals surface area (Å²) in [5, 5.41) is 8.92. The van der Waals surface area contributed by atoms with Crippen molar-refractivity contribution in [3.63, 3.8) is 0 Å². The number of carbonyl (C=O) groups excluding carboxylic acids is 1. The predicted molar refractivity (Wildman–Crippen MR) is 55.3 cm³/mol. The molecule has 3 N–H and O–H groups in total. The number of carboxylic acid groups (broad SMARTS) is 1. The van der Waals surface area contributed by atoms with Crippen LogP contribution in [-0.2, 0) is 14.3 Å². The van der Waals surface area contributed by atoms with Gasteiger partial charge in [-0.05, 0) is 6.42 Å². The molecule has 0 radical (unpaired) electrons. The normalized spacial score (nSPS) is 14.3. The number of aliphatic carboxylic acids is 1. The zero-order chi connectivity index (χ0) is 11.9. The fraction of sp³-hybridized carbons (Fsp3) is 0.800. The van der Waals surface area contributed by atoms with Gasteiger partial charge in [-0.15, -0.1) is 0 Å². The summed E-state index contributed by atoms with van der Waals surface area (Å²) in [4.78, 5) is 21.7. The zero-order valence-corrected chi connectivity index (χ0v) is 9.28. The molecule has 5 nitrogen and oxygen atoms in total. The van der Waals surface area contributed by atoms with E-state index in [1.54, 1.807) is 6.92 Å². The van der Waals surface area contributed by atoms with Crippen molar-refractivity contribution in [2.45, 2.75) is 45.1 Å². The fourth-order valence-electron chi connectivity index (χ4n) is 1.23. The SMILES string of the molecule is CCCC(N)(CCOC(=O)CC)C(=O)O. The molecule has 1 atom stereocenters. The molecule has 0 aromatic carbocycles. The highest BCUT2D eigenvalue weighted by Crippen LogP contribution is 2.14. The Kier molecular flexibility index (Phi) is 5.93. The molecule has 0 aliphatic heterocycles. The largest absolute Gasteiger partial charge is 0.480 e. The number of nitrogens with two attached hydrogens (primary N) is 1.